The number of nitrogens with one attached hydrogen (secondary N) is 1. The van der Waals surface area contributed by atoms with E-state index in [2.05, 4.69) is 15.3 Å². The van der Waals surface area contributed by atoms with Gasteiger partial charge in [-0.1, -0.05) is 0 Å². The SMILES string of the molecule is CSC(CO)C(C)Nc1nc(C)cc(C)n1. The minimum Gasteiger partial charge on any atom is -0.395 e. The maximum Gasteiger partial charge on any atom is 0.223 e. The topological polar surface area (TPSA) is 58.0 Å². The number of aliphatic hydroxyl groups is 1. The lowest BCUT2D eigenvalue weighted by atomic mass is 10.2. The number of aromatic nitrogens is 2. The zero-order valence-corrected chi connectivity index (χ0v) is 11.0. The summed E-state index contributed by atoms with van der Waals surface area (Å²) in [6.07, 6.45) is 1.99. The molecule has 4 nitrogen and oxygen atoms in total. The van der Waals surface area contributed by atoms with Crippen molar-refractivity contribution in [2.45, 2.75) is 32.1 Å². The van der Waals surface area contributed by atoms with Crippen LogP contribution < -0.4 is 5.32 Å². The Morgan fingerprint density at radius 2 is 1.94 bits per heavy atom. The van der Waals surface area contributed by atoms with Crippen molar-refractivity contribution < 1.29 is 5.11 Å². The summed E-state index contributed by atoms with van der Waals surface area (Å²) in [6.45, 7) is 6.07. The highest BCUT2D eigenvalue weighted by Crippen LogP contribution is 2.14. The van der Waals surface area contributed by atoms with E-state index in [1.54, 1.807) is 11.8 Å². The molecule has 0 aliphatic carbocycles. The van der Waals surface area contributed by atoms with E-state index < -0.39 is 0 Å². The van der Waals surface area contributed by atoms with Gasteiger partial charge in [-0.05, 0) is 33.1 Å². The molecule has 16 heavy (non-hydrogen) atoms. The predicted molar refractivity (Wildman–Crippen MR) is 69.0 cm³/mol. The third-order valence-electron chi connectivity index (χ3n) is 2.38. The van der Waals surface area contributed by atoms with Gasteiger partial charge < -0.3 is 10.4 Å². The number of aliphatic hydroxyl groups excluding tert-OH is 1. The van der Waals surface area contributed by atoms with Gasteiger partial charge in [0.1, 0.15) is 0 Å². The second-order valence-electron chi connectivity index (χ2n) is 3.86. The minimum absolute atomic E-state index is 0.140. The molecular formula is C11H19N3OS. The van der Waals surface area contributed by atoms with Crippen molar-refractivity contribution in [1.29, 1.82) is 0 Å². The summed E-state index contributed by atoms with van der Waals surface area (Å²) in [5.41, 5.74) is 1.90. The first kappa shape index (κ1) is 13.3. The van der Waals surface area contributed by atoms with Crippen LogP contribution in [-0.4, -0.2) is 39.2 Å². The van der Waals surface area contributed by atoms with Gasteiger partial charge >= 0.3 is 0 Å². The summed E-state index contributed by atoms with van der Waals surface area (Å²) in [4.78, 5) is 8.62. The number of aryl methyl sites for hydroxylation is 2. The normalized spacial score (nSPS) is 14.6. The Morgan fingerprint density at radius 1 is 1.38 bits per heavy atom. The van der Waals surface area contributed by atoms with Gasteiger partial charge in [-0.15, -0.1) is 0 Å². The van der Waals surface area contributed by atoms with Crippen molar-refractivity contribution in [2.75, 3.05) is 18.2 Å². The van der Waals surface area contributed by atoms with Gasteiger partial charge in [-0.3, -0.25) is 0 Å². The summed E-state index contributed by atoms with van der Waals surface area (Å²) in [6, 6.07) is 2.08. The van der Waals surface area contributed by atoms with E-state index in [1.807, 2.05) is 33.1 Å². The number of rotatable bonds is 5. The third-order valence-corrected chi connectivity index (χ3v) is 3.54. The molecule has 0 fully saturated rings. The highest BCUT2D eigenvalue weighted by atomic mass is 32.2. The lowest BCUT2D eigenvalue weighted by molar-refractivity contribution is 0.288. The van der Waals surface area contributed by atoms with E-state index in [0.717, 1.165) is 11.4 Å². The van der Waals surface area contributed by atoms with Gasteiger partial charge in [0.15, 0.2) is 0 Å². The molecule has 0 radical (unpaired) electrons. The Balaban J connectivity index is 2.72. The quantitative estimate of drug-likeness (QED) is 0.820. The van der Waals surface area contributed by atoms with Crippen LogP contribution in [0.25, 0.3) is 0 Å². The standard InChI is InChI=1S/C11H19N3OS/c1-7-5-8(2)13-11(12-7)14-9(3)10(6-15)16-4/h5,9-10,15H,6H2,1-4H3,(H,12,13,14). The average Bonchev–Trinajstić information content (AvgIpc) is 2.17. The van der Waals surface area contributed by atoms with Crippen molar-refractivity contribution >= 4 is 17.7 Å². The molecule has 1 aromatic rings. The first-order valence-electron chi connectivity index (χ1n) is 5.29. The largest absolute Gasteiger partial charge is 0.395 e. The molecular weight excluding hydrogens is 222 g/mol. The summed E-state index contributed by atoms with van der Waals surface area (Å²) in [5, 5.41) is 12.6. The molecule has 2 atom stereocenters. The van der Waals surface area contributed by atoms with E-state index in [-0.39, 0.29) is 17.9 Å². The van der Waals surface area contributed by atoms with E-state index in [1.165, 1.54) is 0 Å². The zero-order chi connectivity index (χ0) is 12.1. The lowest BCUT2D eigenvalue weighted by Gasteiger charge is -2.21. The van der Waals surface area contributed by atoms with Crippen LogP contribution in [0.3, 0.4) is 0 Å². The number of hydrogen-bond acceptors (Lipinski definition) is 5. The average molecular weight is 241 g/mol. The van der Waals surface area contributed by atoms with Crippen LogP contribution in [0.4, 0.5) is 5.95 Å². The smallest absolute Gasteiger partial charge is 0.223 e. The molecule has 0 aliphatic rings. The highest BCUT2D eigenvalue weighted by Gasteiger charge is 2.15. The Hall–Kier alpha value is -0.810. The third kappa shape index (κ3) is 3.64. The fourth-order valence-corrected chi connectivity index (χ4v) is 2.15. The molecule has 1 rings (SSSR count). The summed E-state index contributed by atoms with van der Waals surface area (Å²) >= 11 is 1.64. The van der Waals surface area contributed by atoms with Gasteiger partial charge in [-0.2, -0.15) is 11.8 Å². The first-order valence-corrected chi connectivity index (χ1v) is 6.58. The molecule has 2 N–H and O–H groups in total. The van der Waals surface area contributed by atoms with Gasteiger partial charge in [-0.25, -0.2) is 9.97 Å². The van der Waals surface area contributed by atoms with Crippen LogP contribution in [0.2, 0.25) is 0 Å². The molecule has 1 heterocycles. The lowest BCUT2D eigenvalue weighted by Crippen LogP contribution is -2.31. The van der Waals surface area contributed by atoms with Gasteiger partial charge in [0.2, 0.25) is 5.95 Å². The predicted octanol–water partition coefficient (Wildman–Crippen LogP) is 1.62. The van der Waals surface area contributed by atoms with Crippen molar-refractivity contribution in [3.05, 3.63) is 17.5 Å². The molecule has 0 amide bonds. The van der Waals surface area contributed by atoms with E-state index in [0.29, 0.717) is 5.95 Å². The molecule has 0 spiro atoms. The van der Waals surface area contributed by atoms with E-state index >= 15 is 0 Å². The van der Waals surface area contributed by atoms with Crippen LogP contribution in [0.15, 0.2) is 6.07 Å². The van der Waals surface area contributed by atoms with Crippen LogP contribution in [-0.2, 0) is 0 Å². The van der Waals surface area contributed by atoms with Crippen LogP contribution in [0.5, 0.6) is 0 Å². The second kappa shape index (κ2) is 6.06. The van der Waals surface area contributed by atoms with Gasteiger partial charge in [0.05, 0.1) is 6.61 Å². The minimum atomic E-state index is 0.140. The molecule has 0 aromatic carbocycles. The van der Waals surface area contributed by atoms with Crippen molar-refractivity contribution in [2.24, 2.45) is 0 Å². The fourth-order valence-electron chi connectivity index (χ4n) is 1.52. The van der Waals surface area contributed by atoms with Crippen molar-refractivity contribution in [3.63, 3.8) is 0 Å². The molecule has 5 heteroatoms. The Bertz CT molecular complexity index is 322. The molecule has 1 aromatic heterocycles. The molecule has 0 bridgehead atoms. The van der Waals surface area contributed by atoms with Crippen LogP contribution in [0.1, 0.15) is 18.3 Å². The second-order valence-corrected chi connectivity index (χ2v) is 4.94. The number of nitrogens with zero attached hydrogens (tertiary/aromatic N) is 2. The van der Waals surface area contributed by atoms with E-state index in [4.69, 9.17) is 0 Å². The van der Waals surface area contributed by atoms with Crippen LogP contribution in [0, 0.1) is 13.8 Å². The molecule has 2 unspecified atom stereocenters. The summed E-state index contributed by atoms with van der Waals surface area (Å²) in [5.74, 6) is 0.637. The maximum atomic E-state index is 9.18. The first-order chi connectivity index (χ1) is 7.56. The Labute approximate surface area is 101 Å². The molecule has 0 saturated heterocycles. The van der Waals surface area contributed by atoms with Crippen molar-refractivity contribution in [1.82, 2.24) is 9.97 Å². The molecule has 90 valence electrons. The number of thioether (sulfide) groups is 1. The summed E-state index contributed by atoms with van der Waals surface area (Å²) < 4.78 is 0. The van der Waals surface area contributed by atoms with Gasteiger partial charge in [0, 0.05) is 22.7 Å². The fraction of sp³-hybridized carbons (Fsp3) is 0.636. The number of anilines is 1. The van der Waals surface area contributed by atoms with Gasteiger partial charge in [0.25, 0.3) is 0 Å². The van der Waals surface area contributed by atoms with Crippen LogP contribution >= 0.6 is 11.8 Å². The number of hydrogen-bond donors (Lipinski definition) is 2. The monoisotopic (exact) mass is 241 g/mol. The van der Waals surface area contributed by atoms with Crippen molar-refractivity contribution in [3.8, 4) is 0 Å². The Morgan fingerprint density at radius 3 is 2.38 bits per heavy atom. The summed E-state index contributed by atoms with van der Waals surface area (Å²) in [7, 11) is 0. The maximum absolute atomic E-state index is 9.18. The zero-order valence-electron chi connectivity index (χ0n) is 10.2. The van der Waals surface area contributed by atoms with E-state index in [9.17, 15) is 5.11 Å². The highest BCUT2D eigenvalue weighted by molar-refractivity contribution is 7.99. The Kier molecular flexibility index (Phi) is 5.02. The molecule has 0 saturated carbocycles. The molecule has 0 aliphatic heterocycles.